The van der Waals surface area contributed by atoms with Gasteiger partial charge in [0.15, 0.2) is 0 Å². The molecule has 3 aliphatic rings. The third-order valence-electron chi connectivity index (χ3n) is 7.94. The number of rotatable bonds is 9. The summed E-state index contributed by atoms with van der Waals surface area (Å²) in [6.45, 7) is 19.0. The first-order chi connectivity index (χ1) is 13.9. The van der Waals surface area contributed by atoms with Gasteiger partial charge in [0.05, 0.1) is 12.3 Å². The van der Waals surface area contributed by atoms with Crippen LogP contribution in [0.5, 0.6) is 0 Å². The van der Waals surface area contributed by atoms with Crippen molar-refractivity contribution >= 4 is 0 Å². The van der Waals surface area contributed by atoms with Gasteiger partial charge in [-0.15, -0.1) is 0 Å². The van der Waals surface area contributed by atoms with E-state index in [-0.39, 0.29) is 0 Å². The third-order valence-corrected chi connectivity index (χ3v) is 7.94. The van der Waals surface area contributed by atoms with E-state index < -0.39 is 0 Å². The molecule has 170 valence electrons. The Morgan fingerprint density at radius 1 is 0.966 bits per heavy atom. The van der Waals surface area contributed by atoms with Crippen molar-refractivity contribution in [3.63, 3.8) is 0 Å². The van der Waals surface area contributed by atoms with E-state index in [0.29, 0.717) is 24.2 Å². The summed E-state index contributed by atoms with van der Waals surface area (Å²) >= 11 is 0. The predicted molar refractivity (Wildman–Crippen MR) is 123 cm³/mol. The second kappa shape index (κ2) is 10.4. The van der Waals surface area contributed by atoms with Crippen LogP contribution in [0.1, 0.15) is 27.7 Å². The molecular formula is C23H48N6. The molecule has 3 fully saturated rings. The molecule has 6 heteroatoms. The summed E-state index contributed by atoms with van der Waals surface area (Å²) < 4.78 is 0. The minimum Gasteiger partial charge on any atom is -0.319 e. The largest absolute Gasteiger partial charge is 0.319 e. The molecule has 8 atom stereocenters. The molecular weight excluding hydrogens is 360 g/mol. The van der Waals surface area contributed by atoms with Crippen molar-refractivity contribution in [2.24, 2.45) is 35.5 Å². The average Bonchev–Trinajstić information content (AvgIpc) is 3.30. The molecule has 0 aliphatic carbocycles. The molecule has 0 bridgehead atoms. The van der Waals surface area contributed by atoms with Gasteiger partial charge < -0.3 is 20.9 Å². The fraction of sp³-hybridized carbons (Fsp3) is 1.00. The van der Waals surface area contributed by atoms with Crippen LogP contribution in [0.15, 0.2) is 0 Å². The van der Waals surface area contributed by atoms with Crippen molar-refractivity contribution < 1.29 is 0 Å². The van der Waals surface area contributed by atoms with Crippen LogP contribution < -0.4 is 16.0 Å². The maximum absolute atomic E-state index is 3.92. The minimum atomic E-state index is 0.500. The average molecular weight is 409 g/mol. The standard InChI is InChI=1S/C23H48N6/c1-8-25-11-21-18(4)13-29(22-20(10-24-5)16(2)9-26-22)23(21)28-12-17(3)19(15-28)14-27(6)7/h16-26H,8-15H2,1-7H3. The first-order valence-electron chi connectivity index (χ1n) is 12.1. The smallest absolute Gasteiger partial charge is 0.0680 e. The highest BCUT2D eigenvalue weighted by Crippen LogP contribution is 2.39. The molecule has 0 aromatic heterocycles. The normalized spacial score (nSPS) is 41.8. The Hall–Kier alpha value is -0.240. The third kappa shape index (κ3) is 5.16. The molecule has 3 saturated heterocycles. The molecule has 3 aliphatic heterocycles. The quantitative estimate of drug-likeness (QED) is 0.530. The van der Waals surface area contributed by atoms with E-state index >= 15 is 0 Å². The van der Waals surface area contributed by atoms with Crippen molar-refractivity contribution in [2.45, 2.75) is 40.0 Å². The molecule has 0 radical (unpaired) electrons. The zero-order valence-corrected chi connectivity index (χ0v) is 20.1. The lowest BCUT2D eigenvalue weighted by Crippen LogP contribution is -2.57. The van der Waals surface area contributed by atoms with E-state index in [1.165, 1.54) is 26.2 Å². The molecule has 0 aromatic carbocycles. The van der Waals surface area contributed by atoms with Crippen LogP contribution in [0, 0.1) is 35.5 Å². The van der Waals surface area contributed by atoms with Gasteiger partial charge in [0.2, 0.25) is 0 Å². The molecule has 0 amide bonds. The van der Waals surface area contributed by atoms with Crippen LogP contribution in [0.2, 0.25) is 0 Å². The lowest BCUT2D eigenvalue weighted by Gasteiger charge is -2.41. The molecule has 3 rings (SSSR count). The summed E-state index contributed by atoms with van der Waals surface area (Å²) in [5, 5.41) is 11.1. The van der Waals surface area contributed by atoms with Crippen LogP contribution in [-0.2, 0) is 0 Å². The molecule has 3 heterocycles. The van der Waals surface area contributed by atoms with E-state index in [9.17, 15) is 0 Å². The van der Waals surface area contributed by atoms with Crippen molar-refractivity contribution in [2.75, 3.05) is 73.5 Å². The molecule has 8 unspecified atom stereocenters. The molecule has 3 N–H and O–H groups in total. The highest BCUT2D eigenvalue weighted by Gasteiger charge is 2.50. The van der Waals surface area contributed by atoms with Gasteiger partial charge in [0, 0.05) is 51.1 Å². The van der Waals surface area contributed by atoms with Gasteiger partial charge in [-0.3, -0.25) is 9.80 Å². The molecule has 29 heavy (non-hydrogen) atoms. The number of nitrogens with one attached hydrogen (secondary N) is 3. The van der Waals surface area contributed by atoms with Crippen molar-refractivity contribution in [1.82, 2.24) is 30.7 Å². The van der Waals surface area contributed by atoms with Crippen LogP contribution in [0.4, 0.5) is 0 Å². The Morgan fingerprint density at radius 3 is 2.38 bits per heavy atom. The minimum absolute atomic E-state index is 0.500. The monoisotopic (exact) mass is 408 g/mol. The Balaban J connectivity index is 1.81. The van der Waals surface area contributed by atoms with E-state index in [0.717, 1.165) is 49.9 Å². The number of hydrogen-bond acceptors (Lipinski definition) is 6. The van der Waals surface area contributed by atoms with Crippen LogP contribution in [0.25, 0.3) is 0 Å². The highest BCUT2D eigenvalue weighted by atomic mass is 15.4. The Morgan fingerprint density at radius 2 is 1.72 bits per heavy atom. The summed E-state index contributed by atoms with van der Waals surface area (Å²) in [5.74, 6) is 4.41. The lowest BCUT2D eigenvalue weighted by molar-refractivity contribution is 0.0102. The summed E-state index contributed by atoms with van der Waals surface area (Å²) in [6.07, 6.45) is 1.06. The lowest BCUT2D eigenvalue weighted by atomic mass is 9.94. The van der Waals surface area contributed by atoms with E-state index in [4.69, 9.17) is 0 Å². The maximum Gasteiger partial charge on any atom is 0.0680 e. The Bertz CT molecular complexity index is 500. The highest BCUT2D eigenvalue weighted by molar-refractivity contribution is 5.01. The fourth-order valence-corrected chi connectivity index (χ4v) is 6.32. The van der Waals surface area contributed by atoms with E-state index in [2.05, 4.69) is 79.5 Å². The number of hydrogen-bond donors (Lipinski definition) is 3. The Labute approximate surface area is 180 Å². The SMILES string of the molecule is CCNCC1C(C)CN(C2NCC(C)C2CNC)C1N1CC(C)C(CN(C)C)C1. The van der Waals surface area contributed by atoms with Crippen molar-refractivity contribution in [1.29, 1.82) is 0 Å². The summed E-state index contributed by atoms with van der Waals surface area (Å²) in [7, 11) is 6.55. The number of nitrogens with zero attached hydrogens (tertiary/aromatic N) is 3. The van der Waals surface area contributed by atoms with Gasteiger partial charge in [-0.1, -0.05) is 27.7 Å². The predicted octanol–water partition coefficient (Wildman–Crippen LogP) is 1.02. The zero-order valence-electron chi connectivity index (χ0n) is 20.1. The van der Waals surface area contributed by atoms with Crippen molar-refractivity contribution in [3.05, 3.63) is 0 Å². The van der Waals surface area contributed by atoms with E-state index in [1.54, 1.807) is 0 Å². The van der Waals surface area contributed by atoms with Crippen LogP contribution in [0.3, 0.4) is 0 Å². The van der Waals surface area contributed by atoms with E-state index in [1.807, 2.05) is 0 Å². The second-order valence-electron chi connectivity index (χ2n) is 10.6. The maximum atomic E-state index is 3.92. The van der Waals surface area contributed by atoms with Gasteiger partial charge in [0.25, 0.3) is 0 Å². The van der Waals surface area contributed by atoms with Gasteiger partial charge in [0.1, 0.15) is 0 Å². The number of likely N-dealkylation sites (tertiary alicyclic amines) is 2. The van der Waals surface area contributed by atoms with Gasteiger partial charge in [-0.25, -0.2) is 0 Å². The van der Waals surface area contributed by atoms with Gasteiger partial charge in [-0.2, -0.15) is 0 Å². The molecule has 0 saturated carbocycles. The summed E-state index contributed by atoms with van der Waals surface area (Å²) in [4.78, 5) is 8.09. The Kier molecular flexibility index (Phi) is 8.38. The van der Waals surface area contributed by atoms with Crippen molar-refractivity contribution in [3.8, 4) is 0 Å². The summed E-state index contributed by atoms with van der Waals surface area (Å²) in [5.41, 5.74) is 0. The molecule has 0 aromatic rings. The second-order valence-corrected chi connectivity index (χ2v) is 10.6. The van der Waals surface area contributed by atoms with Gasteiger partial charge >= 0.3 is 0 Å². The summed E-state index contributed by atoms with van der Waals surface area (Å²) in [6, 6.07) is 0. The van der Waals surface area contributed by atoms with Crippen LogP contribution >= 0.6 is 0 Å². The first-order valence-corrected chi connectivity index (χ1v) is 12.1. The fourth-order valence-electron chi connectivity index (χ4n) is 6.32. The molecule has 6 nitrogen and oxygen atoms in total. The molecule has 0 spiro atoms. The first kappa shape index (κ1) is 23.4. The van der Waals surface area contributed by atoms with Gasteiger partial charge in [-0.05, 0) is 57.9 Å². The van der Waals surface area contributed by atoms with Crippen LogP contribution in [-0.4, -0.2) is 101 Å². The zero-order chi connectivity index (χ0) is 21.1. The topological polar surface area (TPSA) is 45.8 Å².